The van der Waals surface area contributed by atoms with Crippen LogP contribution < -0.4 is 5.32 Å². The van der Waals surface area contributed by atoms with Crippen LogP contribution in [0.1, 0.15) is 19.3 Å². The van der Waals surface area contributed by atoms with Gasteiger partial charge in [-0.15, -0.1) is 0 Å². The minimum atomic E-state index is -0.0409. The summed E-state index contributed by atoms with van der Waals surface area (Å²) < 4.78 is 0. The second kappa shape index (κ2) is 7.25. The number of amides is 1. The Morgan fingerprint density at radius 2 is 2.29 bits per heavy atom. The van der Waals surface area contributed by atoms with Crippen molar-refractivity contribution in [2.45, 2.75) is 25.3 Å². The third-order valence-corrected chi connectivity index (χ3v) is 3.06. The van der Waals surface area contributed by atoms with Crippen LogP contribution in [0.4, 0.5) is 0 Å². The first kappa shape index (κ1) is 13.9. The first-order valence-electron chi connectivity index (χ1n) is 6.19. The maximum absolute atomic E-state index is 12.0. The summed E-state index contributed by atoms with van der Waals surface area (Å²) in [6, 6.07) is 2.11. The first-order valence-corrected chi connectivity index (χ1v) is 6.19. The van der Waals surface area contributed by atoms with Gasteiger partial charge in [0.05, 0.1) is 6.07 Å². The molecule has 1 heterocycles. The van der Waals surface area contributed by atoms with Crippen LogP contribution in [0.5, 0.6) is 0 Å². The number of carbonyl (C=O) groups is 1. The quantitative estimate of drug-likeness (QED) is 0.687. The van der Waals surface area contributed by atoms with Crippen molar-refractivity contribution in [1.29, 1.82) is 5.26 Å². The normalized spacial score (nSPS) is 20.9. The molecule has 0 saturated carbocycles. The van der Waals surface area contributed by atoms with E-state index in [1.54, 1.807) is 19.0 Å². The van der Waals surface area contributed by atoms with E-state index in [4.69, 9.17) is 5.26 Å². The molecule has 1 atom stereocenters. The summed E-state index contributed by atoms with van der Waals surface area (Å²) in [6.45, 7) is 3.50. The van der Waals surface area contributed by atoms with E-state index in [0.717, 1.165) is 39.0 Å². The van der Waals surface area contributed by atoms with Gasteiger partial charge in [0.15, 0.2) is 0 Å². The van der Waals surface area contributed by atoms with Gasteiger partial charge in [0, 0.05) is 40.2 Å². The molecule has 0 radical (unpaired) electrons. The fraction of sp³-hybridized carbons (Fsp3) is 0.833. The van der Waals surface area contributed by atoms with Crippen molar-refractivity contribution in [3.63, 3.8) is 0 Å². The maximum Gasteiger partial charge on any atom is 0.240 e. The molecule has 0 aromatic rings. The molecule has 5 nitrogen and oxygen atoms in total. The second-order valence-electron chi connectivity index (χ2n) is 4.60. The molecule has 96 valence electrons. The van der Waals surface area contributed by atoms with Gasteiger partial charge in [-0.3, -0.25) is 9.69 Å². The molecule has 0 aromatic heterocycles. The molecule has 0 bridgehead atoms. The largest absolute Gasteiger partial charge is 0.347 e. The zero-order valence-corrected chi connectivity index (χ0v) is 10.8. The van der Waals surface area contributed by atoms with Gasteiger partial charge in [-0.1, -0.05) is 0 Å². The monoisotopic (exact) mass is 238 g/mol. The standard InChI is InChI=1S/C12H22N4O/c1-15(2)12(17)11-10-14-7-9-16(11)8-5-3-4-6-13/h11,14H,3-5,7-10H2,1-2H3. The van der Waals surface area contributed by atoms with E-state index in [0.29, 0.717) is 6.42 Å². The molecule has 0 spiro atoms. The number of nitrogens with zero attached hydrogens (tertiary/aromatic N) is 3. The summed E-state index contributed by atoms with van der Waals surface area (Å²) in [5, 5.41) is 11.7. The number of piperazine rings is 1. The smallest absolute Gasteiger partial charge is 0.240 e. The first-order chi connectivity index (χ1) is 8.16. The molecule has 1 aliphatic rings. The lowest BCUT2D eigenvalue weighted by Gasteiger charge is -2.36. The molecule has 1 amide bonds. The van der Waals surface area contributed by atoms with Gasteiger partial charge in [0.25, 0.3) is 0 Å². The highest BCUT2D eigenvalue weighted by atomic mass is 16.2. The Bertz CT molecular complexity index is 285. The molecule has 0 aromatic carbocycles. The van der Waals surface area contributed by atoms with Crippen molar-refractivity contribution in [3.8, 4) is 6.07 Å². The van der Waals surface area contributed by atoms with Crippen LogP contribution in [-0.4, -0.2) is 62.0 Å². The molecule has 1 rings (SSSR count). The zero-order valence-electron chi connectivity index (χ0n) is 10.8. The lowest BCUT2D eigenvalue weighted by Crippen LogP contribution is -2.57. The SMILES string of the molecule is CN(C)C(=O)C1CNCCN1CCCCC#N. The molecule has 1 N–H and O–H groups in total. The molecule has 0 aliphatic carbocycles. The molecule has 17 heavy (non-hydrogen) atoms. The fourth-order valence-electron chi connectivity index (χ4n) is 2.07. The van der Waals surface area contributed by atoms with Crippen LogP contribution in [0.3, 0.4) is 0 Å². The average molecular weight is 238 g/mol. The lowest BCUT2D eigenvalue weighted by atomic mass is 10.1. The minimum Gasteiger partial charge on any atom is -0.347 e. The predicted octanol–water partition coefficient (Wildman–Crippen LogP) is 0.0423. The van der Waals surface area contributed by atoms with E-state index < -0.39 is 0 Å². The van der Waals surface area contributed by atoms with E-state index in [-0.39, 0.29) is 11.9 Å². The molecular formula is C12H22N4O. The highest BCUT2D eigenvalue weighted by Crippen LogP contribution is 2.08. The second-order valence-corrected chi connectivity index (χ2v) is 4.60. The predicted molar refractivity (Wildman–Crippen MR) is 66.4 cm³/mol. The Morgan fingerprint density at radius 3 is 2.94 bits per heavy atom. The Labute approximate surface area is 103 Å². The van der Waals surface area contributed by atoms with Crippen molar-refractivity contribution < 1.29 is 4.79 Å². The number of rotatable bonds is 5. The summed E-state index contributed by atoms with van der Waals surface area (Å²) >= 11 is 0. The van der Waals surface area contributed by atoms with E-state index >= 15 is 0 Å². The van der Waals surface area contributed by atoms with Crippen molar-refractivity contribution in [1.82, 2.24) is 15.1 Å². The molecule has 5 heteroatoms. The Balaban J connectivity index is 2.43. The van der Waals surface area contributed by atoms with Crippen molar-refractivity contribution in [3.05, 3.63) is 0 Å². The van der Waals surface area contributed by atoms with Gasteiger partial charge in [0.1, 0.15) is 6.04 Å². The highest BCUT2D eigenvalue weighted by Gasteiger charge is 2.28. The van der Waals surface area contributed by atoms with Crippen molar-refractivity contribution in [2.24, 2.45) is 0 Å². The minimum absolute atomic E-state index is 0.0409. The van der Waals surface area contributed by atoms with Crippen LogP contribution >= 0.6 is 0 Å². The Kier molecular flexibility index (Phi) is 5.95. The summed E-state index contributed by atoms with van der Waals surface area (Å²) in [7, 11) is 3.59. The lowest BCUT2D eigenvalue weighted by molar-refractivity contribution is -0.135. The summed E-state index contributed by atoms with van der Waals surface area (Å²) in [5.41, 5.74) is 0. The molecule has 1 aliphatic heterocycles. The summed E-state index contributed by atoms with van der Waals surface area (Å²) in [5.74, 6) is 0.164. The summed E-state index contributed by atoms with van der Waals surface area (Å²) in [4.78, 5) is 15.9. The van der Waals surface area contributed by atoms with Crippen LogP contribution in [0.25, 0.3) is 0 Å². The third kappa shape index (κ3) is 4.33. The van der Waals surface area contributed by atoms with Crippen LogP contribution in [0.15, 0.2) is 0 Å². The Morgan fingerprint density at radius 1 is 1.53 bits per heavy atom. The van der Waals surface area contributed by atoms with Crippen molar-refractivity contribution >= 4 is 5.91 Å². The number of unbranched alkanes of at least 4 members (excludes halogenated alkanes) is 2. The van der Waals surface area contributed by atoms with Gasteiger partial charge in [-0.05, 0) is 19.4 Å². The fourth-order valence-corrected chi connectivity index (χ4v) is 2.07. The van der Waals surface area contributed by atoms with E-state index in [2.05, 4.69) is 16.3 Å². The van der Waals surface area contributed by atoms with Gasteiger partial charge in [-0.2, -0.15) is 5.26 Å². The average Bonchev–Trinajstić information content (AvgIpc) is 2.34. The van der Waals surface area contributed by atoms with Crippen LogP contribution in [0, 0.1) is 11.3 Å². The highest BCUT2D eigenvalue weighted by molar-refractivity contribution is 5.81. The topological polar surface area (TPSA) is 59.4 Å². The number of hydrogen-bond acceptors (Lipinski definition) is 4. The number of nitrogens with one attached hydrogen (secondary N) is 1. The Hall–Kier alpha value is -1.12. The summed E-state index contributed by atoms with van der Waals surface area (Å²) in [6.07, 6.45) is 2.52. The van der Waals surface area contributed by atoms with Crippen LogP contribution in [-0.2, 0) is 4.79 Å². The molecule has 1 fully saturated rings. The van der Waals surface area contributed by atoms with E-state index in [9.17, 15) is 4.79 Å². The van der Waals surface area contributed by atoms with Gasteiger partial charge in [-0.25, -0.2) is 0 Å². The van der Waals surface area contributed by atoms with Gasteiger partial charge in [0.2, 0.25) is 5.91 Å². The van der Waals surface area contributed by atoms with Gasteiger partial charge < -0.3 is 10.2 Å². The molecule has 1 saturated heterocycles. The van der Waals surface area contributed by atoms with Gasteiger partial charge >= 0.3 is 0 Å². The third-order valence-electron chi connectivity index (χ3n) is 3.06. The maximum atomic E-state index is 12.0. The zero-order chi connectivity index (χ0) is 12.7. The number of nitriles is 1. The number of likely N-dealkylation sites (N-methyl/N-ethyl adjacent to an activating group) is 1. The van der Waals surface area contributed by atoms with E-state index in [1.807, 2.05) is 0 Å². The van der Waals surface area contributed by atoms with Crippen LogP contribution in [0.2, 0.25) is 0 Å². The number of hydrogen-bond donors (Lipinski definition) is 1. The molecular weight excluding hydrogens is 216 g/mol. The molecule has 1 unspecified atom stereocenters. The van der Waals surface area contributed by atoms with Crippen molar-refractivity contribution in [2.75, 3.05) is 40.3 Å². The van der Waals surface area contributed by atoms with E-state index in [1.165, 1.54) is 0 Å². The number of carbonyl (C=O) groups excluding carboxylic acids is 1.